The number of anilines is 2. The van der Waals surface area contributed by atoms with E-state index in [1.54, 1.807) is 12.4 Å². The molecule has 5 nitrogen and oxygen atoms in total. The maximum Gasteiger partial charge on any atom is 0.224 e. The van der Waals surface area contributed by atoms with Gasteiger partial charge in [0, 0.05) is 12.7 Å². The molecule has 100 valence electrons. The summed E-state index contributed by atoms with van der Waals surface area (Å²) in [6.45, 7) is 3.50. The van der Waals surface area contributed by atoms with E-state index in [1.165, 1.54) is 0 Å². The van der Waals surface area contributed by atoms with Gasteiger partial charge in [0.2, 0.25) is 5.95 Å². The zero-order chi connectivity index (χ0) is 13.5. The van der Waals surface area contributed by atoms with Crippen LogP contribution in [0.1, 0.15) is 19.0 Å². The number of pyridine rings is 1. The minimum absolute atomic E-state index is 0.498. The molecule has 0 aliphatic heterocycles. The SMILES string of the molecule is CCCNc1ncc(Cl)c(NCc2ccccn2)n1. The third-order valence-electron chi connectivity index (χ3n) is 2.44. The maximum absolute atomic E-state index is 6.06. The molecule has 0 bridgehead atoms. The van der Waals surface area contributed by atoms with Gasteiger partial charge in [0.1, 0.15) is 5.02 Å². The lowest BCUT2D eigenvalue weighted by Crippen LogP contribution is -2.08. The van der Waals surface area contributed by atoms with Gasteiger partial charge < -0.3 is 10.6 Å². The van der Waals surface area contributed by atoms with Crippen molar-refractivity contribution >= 4 is 23.4 Å². The molecule has 0 radical (unpaired) electrons. The molecule has 0 amide bonds. The fourth-order valence-corrected chi connectivity index (χ4v) is 1.65. The molecule has 0 saturated carbocycles. The first-order valence-electron chi connectivity index (χ1n) is 6.19. The molecule has 0 spiro atoms. The fourth-order valence-electron chi connectivity index (χ4n) is 1.49. The quantitative estimate of drug-likeness (QED) is 0.850. The van der Waals surface area contributed by atoms with Crippen molar-refractivity contribution in [3.8, 4) is 0 Å². The first-order chi connectivity index (χ1) is 9.29. The van der Waals surface area contributed by atoms with Gasteiger partial charge in [0.25, 0.3) is 0 Å². The fraction of sp³-hybridized carbons (Fsp3) is 0.308. The predicted molar refractivity (Wildman–Crippen MR) is 77.4 cm³/mol. The highest BCUT2D eigenvalue weighted by Gasteiger charge is 2.05. The second-order valence-electron chi connectivity index (χ2n) is 3.99. The summed E-state index contributed by atoms with van der Waals surface area (Å²) in [7, 11) is 0. The molecule has 0 aliphatic carbocycles. The van der Waals surface area contributed by atoms with E-state index in [4.69, 9.17) is 11.6 Å². The summed E-state index contributed by atoms with van der Waals surface area (Å²) < 4.78 is 0. The summed E-state index contributed by atoms with van der Waals surface area (Å²) in [6, 6.07) is 5.77. The molecule has 2 heterocycles. The van der Waals surface area contributed by atoms with E-state index >= 15 is 0 Å². The number of rotatable bonds is 6. The molecular formula is C13H16ClN5. The second kappa shape index (κ2) is 6.89. The minimum atomic E-state index is 0.498. The van der Waals surface area contributed by atoms with Crippen molar-refractivity contribution < 1.29 is 0 Å². The van der Waals surface area contributed by atoms with Crippen LogP contribution < -0.4 is 10.6 Å². The molecule has 2 rings (SSSR count). The second-order valence-corrected chi connectivity index (χ2v) is 4.40. The molecule has 0 atom stereocenters. The predicted octanol–water partition coefficient (Wildman–Crippen LogP) is 2.96. The summed E-state index contributed by atoms with van der Waals surface area (Å²) in [6.07, 6.45) is 4.36. The lowest BCUT2D eigenvalue weighted by molar-refractivity contribution is 0.948. The van der Waals surface area contributed by atoms with Crippen LogP contribution in [0.25, 0.3) is 0 Å². The van der Waals surface area contributed by atoms with Crippen molar-refractivity contribution in [1.82, 2.24) is 15.0 Å². The van der Waals surface area contributed by atoms with Gasteiger partial charge in [-0.05, 0) is 18.6 Å². The van der Waals surface area contributed by atoms with Crippen LogP contribution >= 0.6 is 11.6 Å². The maximum atomic E-state index is 6.06. The number of halogens is 1. The smallest absolute Gasteiger partial charge is 0.224 e. The Labute approximate surface area is 117 Å². The highest BCUT2D eigenvalue weighted by Crippen LogP contribution is 2.19. The van der Waals surface area contributed by atoms with Gasteiger partial charge in [0.05, 0.1) is 18.4 Å². The van der Waals surface area contributed by atoms with Crippen LogP contribution in [0.2, 0.25) is 5.02 Å². The van der Waals surface area contributed by atoms with Crippen LogP contribution in [0.15, 0.2) is 30.6 Å². The van der Waals surface area contributed by atoms with E-state index in [9.17, 15) is 0 Å². The van der Waals surface area contributed by atoms with E-state index in [0.717, 1.165) is 18.7 Å². The highest BCUT2D eigenvalue weighted by atomic mass is 35.5. The standard InChI is InChI=1S/C13H16ClN5/c1-2-6-16-13-18-9-11(14)12(19-13)17-8-10-5-3-4-7-15-10/h3-5,7,9H,2,6,8H2,1H3,(H2,16,17,18,19). The van der Waals surface area contributed by atoms with Crippen molar-refractivity contribution in [2.45, 2.75) is 19.9 Å². The molecule has 2 aromatic rings. The normalized spacial score (nSPS) is 10.2. The van der Waals surface area contributed by atoms with Crippen LogP contribution in [0.3, 0.4) is 0 Å². The van der Waals surface area contributed by atoms with Crippen LogP contribution in [-0.4, -0.2) is 21.5 Å². The van der Waals surface area contributed by atoms with Crippen molar-refractivity contribution in [3.63, 3.8) is 0 Å². The van der Waals surface area contributed by atoms with Crippen molar-refractivity contribution in [2.75, 3.05) is 17.2 Å². The summed E-state index contributed by atoms with van der Waals surface area (Å²) in [5, 5.41) is 6.78. The zero-order valence-electron chi connectivity index (χ0n) is 10.7. The van der Waals surface area contributed by atoms with Crippen LogP contribution in [0.5, 0.6) is 0 Å². The largest absolute Gasteiger partial charge is 0.363 e. The average Bonchev–Trinajstić information content (AvgIpc) is 2.46. The van der Waals surface area contributed by atoms with Crippen LogP contribution in [0.4, 0.5) is 11.8 Å². The first-order valence-corrected chi connectivity index (χ1v) is 6.57. The number of nitrogens with one attached hydrogen (secondary N) is 2. The monoisotopic (exact) mass is 277 g/mol. The summed E-state index contributed by atoms with van der Waals surface area (Å²) in [5.41, 5.74) is 0.931. The number of hydrogen-bond donors (Lipinski definition) is 2. The third-order valence-corrected chi connectivity index (χ3v) is 2.72. The molecule has 19 heavy (non-hydrogen) atoms. The van der Waals surface area contributed by atoms with E-state index in [2.05, 4.69) is 32.5 Å². The zero-order valence-corrected chi connectivity index (χ0v) is 11.5. The Bertz CT molecular complexity index is 518. The van der Waals surface area contributed by atoms with Crippen molar-refractivity contribution in [3.05, 3.63) is 41.3 Å². The Morgan fingerprint density at radius 3 is 2.84 bits per heavy atom. The molecule has 6 heteroatoms. The number of hydrogen-bond acceptors (Lipinski definition) is 5. The molecule has 2 N–H and O–H groups in total. The summed E-state index contributed by atoms with van der Waals surface area (Å²) in [4.78, 5) is 12.7. The molecule has 0 unspecified atom stereocenters. The van der Waals surface area contributed by atoms with Gasteiger partial charge in [-0.3, -0.25) is 4.98 Å². The van der Waals surface area contributed by atoms with Crippen molar-refractivity contribution in [1.29, 1.82) is 0 Å². The minimum Gasteiger partial charge on any atom is -0.363 e. The van der Waals surface area contributed by atoms with E-state index < -0.39 is 0 Å². The lowest BCUT2D eigenvalue weighted by atomic mass is 10.3. The Morgan fingerprint density at radius 1 is 1.21 bits per heavy atom. The molecule has 0 fully saturated rings. The Kier molecular flexibility index (Phi) is 4.92. The molecule has 0 aromatic carbocycles. The molecular weight excluding hydrogens is 262 g/mol. The third kappa shape index (κ3) is 4.06. The summed E-state index contributed by atoms with van der Waals surface area (Å²) >= 11 is 6.06. The van der Waals surface area contributed by atoms with Crippen molar-refractivity contribution in [2.24, 2.45) is 0 Å². The van der Waals surface area contributed by atoms with E-state index in [-0.39, 0.29) is 0 Å². The topological polar surface area (TPSA) is 62.7 Å². The Morgan fingerprint density at radius 2 is 2.11 bits per heavy atom. The van der Waals surface area contributed by atoms with Crippen LogP contribution in [-0.2, 0) is 6.54 Å². The first kappa shape index (κ1) is 13.5. The number of aromatic nitrogens is 3. The van der Waals surface area contributed by atoms with Gasteiger partial charge in [0.15, 0.2) is 5.82 Å². The van der Waals surface area contributed by atoms with Gasteiger partial charge >= 0.3 is 0 Å². The van der Waals surface area contributed by atoms with Gasteiger partial charge in [-0.1, -0.05) is 24.6 Å². The summed E-state index contributed by atoms with van der Waals surface area (Å²) in [5.74, 6) is 1.19. The Hall–Kier alpha value is -1.88. The van der Waals surface area contributed by atoms with E-state index in [0.29, 0.717) is 23.3 Å². The highest BCUT2D eigenvalue weighted by molar-refractivity contribution is 6.32. The average molecular weight is 278 g/mol. The van der Waals surface area contributed by atoms with Gasteiger partial charge in [-0.25, -0.2) is 4.98 Å². The van der Waals surface area contributed by atoms with E-state index in [1.807, 2.05) is 18.2 Å². The Balaban J connectivity index is 2.02. The lowest BCUT2D eigenvalue weighted by Gasteiger charge is -2.09. The molecule has 2 aromatic heterocycles. The molecule has 0 aliphatic rings. The number of nitrogens with zero attached hydrogens (tertiary/aromatic N) is 3. The van der Waals surface area contributed by atoms with Gasteiger partial charge in [-0.2, -0.15) is 4.98 Å². The van der Waals surface area contributed by atoms with Crippen LogP contribution in [0, 0.1) is 0 Å². The molecule has 0 saturated heterocycles. The van der Waals surface area contributed by atoms with Gasteiger partial charge in [-0.15, -0.1) is 0 Å².